The fraction of sp³-hybridized carbons (Fsp3) is 0.471. The van der Waals surface area contributed by atoms with E-state index in [2.05, 4.69) is 71.7 Å². The number of rotatable bonds is 14. The number of nitrogens with zero attached hydrogens (tertiary/aromatic N) is 1. The highest BCUT2D eigenvalue weighted by Crippen LogP contribution is 2.34. The minimum absolute atomic E-state index is 0.111. The smallest absolute Gasteiger partial charge is 0.142 e. The molecule has 0 bridgehead atoms. The van der Waals surface area contributed by atoms with Gasteiger partial charge in [-0.05, 0) is 79.4 Å². The van der Waals surface area contributed by atoms with E-state index in [1.165, 1.54) is 16.7 Å². The van der Waals surface area contributed by atoms with Crippen molar-refractivity contribution in [2.75, 3.05) is 64.6 Å². The van der Waals surface area contributed by atoms with Gasteiger partial charge in [-0.2, -0.15) is 0 Å². The number of ether oxygens (including phenoxy) is 5. The molecule has 0 radical (unpaired) electrons. The van der Waals surface area contributed by atoms with Gasteiger partial charge in [-0.15, -0.1) is 0 Å². The summed E-state index contributed by atoms with van der Waals surface area (Å²) in [4.78, 5) is 2.40. The van der Waals surface area contributed by atoms with Gasteiger partial charge in [-0.25, -0.2) is 0 Å². The average molecular weight is 561 g/mol. The van der Waals surface area contributed by atoms with E-state index >= 15 is 0 Å². The van der Waals surface area contributed by atoms with Crippen LogP contribution in [-0.2, 0) is 16.1 Å². The van der Waals surface area contributed by atoms with Gasteiger partial charge >= 0.3 is 0 Å². The van der Waals surface area contributed by atoms with Crippen LogP contribution in [0.15, 0.2) is 66.7 Å². The summed E-state index contributed by atoms with van der Waals surface area (Å²) in [5.41, 5.74) is 4.83. The molecule has 41 heavy (non-hydrogen) atoms. The highest BCUT2D eigenvalue weighted by atomic mass is 16.5. The van der Waals surface area contributed by atoms with Crippen molar-refractivity contribution in [3.63, 3.8) is 0 Å². The SMILES string of the molecule is COCCCN1CCOc2ccc(COC3CNCCC3c3ccc(OCCCOc4cccc(C)c4)cc3)cc21. The van der Waals surface area contributed by atoms with Crippen LogP contribution < -0.4 is 24.4 Å². The van der Waals surface area contributed by atoms with E-state index in [1.807, 2.05) is 12.1 Å². The van der Waals surface area contributed by atoms with Crippen LogP contribution in [0, 0.1) is 6.92 Å². The minimum atomic E-state index is 0.111. The molecule has 2 unspecified atom stereocenters. The van der Waals surface area contributed by atoms with Gasteiger partial charge in [-0.1, -0.05) is 30.3 Å². The van der Waals surface area contributed by atoms with Crippen molar-refractivity contribution in [3.05, 3.63) is 83.4 Å². The molecule has 0 spiro atoms. The third-order valence-corrected chi connectivity index (χ3v) is 7.77. The molecule has 1 saturated heterocycles. The van der Waals surface area contributed by atoms with E-state index in [4.69, 9.17) is 23.7 Å². The summed E-state index contributed by atoms with van der Waals surface area (Å²) in [5.74, 6) is 3.10. The number of nitrogens with one attached hydrogen (secondary N) is 1. The second kappa shape index (κ2) is 15.1. The molecule has 5 rings (SSSR count). The fourth-order valence-corrected chi connectivity index (χ4v) is 5.59. The fourth-order valence-electron chi connectivity index (χ4n) is 5.59. The first-order chi connectivity index (χ1) is 20.2. The maximum absolute atomic E-state index is 6.54. The molecule has 0 saturated carbocycles. The van der Waals surface area contributed by atoms with Gasteiger partial charge in [0.15, 0.2) is 0 Å². The van der Waals surface area contributed by atoms with Crippen LogP contribution in [0.1, 0.15) is 41.9 Å². The lowest BCUT2D eigenvalue weighted by Gasteiger charge is -2.33. The topological polar surface area (TPSA) is 61.4 Å². The predicted molar refractivity (Wildman–Crippen MR) is 163 cm³/mol. The lowest BCUT2D eigenvalue weighted by Crippen LogP contribution is -2.41. The first kappa shape index (κ1) is 29.2. The van der Waals surface area contributed by atoms with Crippen LogP contribution in [-0.4, -0.2) is 65.8 Å². The molecule has 0 amide bonds. The Kier molecular flexibility index (Phi) is 10.8. The molecule has 0 aromatic heterocycles. The molecule has 3 aromatic carbocycles. The molecule has 0 aliphatic carbocycles. The Balaban J connectivity index is 1.11. The minimum Gasteiger partial charge on any atom is -0.493 e. The van der Waals surface area contributed by atoms with Gasteiger partial charge in [0.25, 0.3) is 0 Å². The second-order valence-corrected chi connectivity index (χ2v) is 10.9. The zero-order valence-electron chi connectivity index (χ0n) is 24.5. The number of hydrogen-bond acceptors (Lipinski definition) is 7. The summed E-state index contributed by atoms with van der Waals surface area (Å²) in [6.07, 6.45) is 2.99. The molecule has 7 nitrogen and oxygen atoms in total. The zero-order valence-corrected chi connectivity index (χ0v) is 24.5. The Labute approximate surface area is 244 Å². The Morgan fingerprint density at radius 2 is 1.78 bits per heavy atom. The van der Waals surface area contributed by atoms with E-state index in [-0.39, 0.29) is 6.10 Å². The van der Waals surface area contributed by atoms with Gasteiger partial charge in [-0.3, -0.25) is 0 Å². The molecule has 2 heterocycles. The molecule has 1 fully saturated rings. The Hall–Kier alpha value is -3.26. The standard InChI is InChI=1S/C34H44N2O5/c1-26-6-3-7-30(22-26)39-20-5-19-38-29-11-9-28(10-12-29)31-14-15-35-24-34(31)41-25-27-8-13-33-32(23-27)36(17-21-40-33)16-4-18-37-2/h3,6-13,22-23,31,34-35H,4-5,14-21,24-25H2,1-2H3. The van der Waals surface area contributed by atoms with Crippen LogP contribution in [0.2, 0.25) is 0 Å². The summed E-state index contributed by atoms with van der Waals surface area (Å²) < 4.78 is 29.5. The summed E-state index contributed by atoms with van der Waals surface area (Å²) >= 11 is 0. The summed E-state index contributed by atoms with van der Waals surface area (Å²) in [6, 6.07) is 23.1. The number of hydrogen-bond donors (Lipinski definition) is 1. The third-order valence-electron chi connectivity index (χ3n) is 7.77. The maximum Gasteiger partial charge on any atom is 0.142 e. The highest BCUT2D eigenvalue weighted by molar-refractivity contribution is 5.61. The van der Waals surface area contributed by atoms with E-state index in [0.29, 0.717) is 25.7 Å². The Morgan fingerprint density at radius 3 is 2.61 bits per heavy atom. The van der Waals surface area contributed by atoms with E-state index in [0.717, 1.165) is 81.6 Å². The Bertz CT molecular complexity index is 1220. The summed E-state index contributed by atoms with van der Waals surface area (Å²) in [6.45, 7) is 9.10. The van der Waals surface area contributed by atoms with Crippen molar-refractivity contribution in [2.45, 2.75) is 44.8 Å². The number of benzene rings is 3. The lowest BCUT2D eigenvalue weighted by atomic mass is 9.87. The molecule has 220 valence electrons. The quantitative estimate of drug-likeness (QED) is 0.252. The van der Waals surface area contributed by atoms with E-state index in [9.17, 15) is 0 Å². The molecular weight excluding hydrogens is 516 g/mol. The highest BCUT2D eigenvalue weighted by Gasteiger charge is 2.27. The number of methoxy groups -OCH3 is 1. The summed E-state index contributed by atoms with van der Waals surface area (Å²) in [7, 11) is 1.75. The predicted octanol–water partition coefficient (Wildman–Crippen LogP) is 5.74. The molecule has 2 aliphatic heterocycles. The van der Waals surface area contributed by atoms with Crippen LogP contribution in [0.5, 0.6) is 17.2 Å². The van der Waals surface area contributed by atoms with Gasteiger partial charge < -0.3 is 33.9 Å². The van der Waals surface area contributed by atoms with Crippen molar-refractivity contribution in [3.8, 4) is 17.2 Å². The maximum atomic E-state index is 6.54. The lowest BCUT2D eigenvalue weighted by molar-refractivity contribution is 0.0106. The normalized spacial score (nSPS) is 18.4. The second-order valence-electron chi connectivity index (χ2n) is 10.9. The Morgan fingerprint density at radius 1 is 0.927 bits per heavy atom. The molecule has 2 atom stereocenters. The van der Waals surface area contributed by atoms with Crippen molar-refractivity contribution in [2.24, 2.45) is 0 Å². The van der Waals surface area contributed by atoms with Gasteiger partial charge in [0.2, 0.25) is 0 Å². The van der Waals surface area contributed by atoms with Gasteiger partial charge in [0.05, 0.1) is 38.2 Å². The zero-order chi connectivity index (χ0) is 28.3. The molecule has 7 heteroatoms. The first-order valence-corrected chi connectivity index (χ1v) is 14.9. The molecule has 2 aliphatic rings. The summed E-state index contributed by atoms with van der Waals surface area (Å²) in [5, 5.41) is 3.52. The number of anilines is 1. The first-order valence-electron chi connectivity index (χ1n) is 14.9. The number of piperidine rings is 1. The van der Waals surface area contributed by atoms with Crippen LogP contribution >= 0.6 is 0 Å². The monoisotopic (exact) mass is 560 g/mol. The van der Waals surface area contributed by atoms with Crippen LogP contribution in [0.3, 0.4) is 0 Å². The van der Waals surface area contributed by atoms with Crippen LogP contribution in [0.25, 0.3) is 0 Å². The van der Waals surface area contributed by atoms with E-state index < -0.39 is 0 Å². The molecular formula is C34H44N2O5. The van der Waals surface area contributed by atoms with Gasteiger partial charge in [0, 0.05) is 39.1 Å². The average Bonchev–Trinajstić information content (AvgIpc) is 3.01. The number of aryl methyl sites for hydroxylation is 1. The molecule has 1 N–H and O–H groups in total. The molecule has 3 aromatic rings. The van der Waals surface area contributed by atoms with Crippen molar-refractivity contribution < 1.29 is 23.7 Å². The van der Waals surface area contributed by atoms with Crippen LogP contribution in [0.4, 0.5) is 5.69 Å². The largest absolute Gasteiger partial charge is 0.493 e. The van der Waals surface area contributed by atoms with Crippen molar-refractivity contribution in [1.82, 2.24) is 5.32 Å². The number of fused-ring (bicyclic) bond motifs is 1. The van der Waals surface area contributed by atoms with E-state index in [1.54, 1.807) is 7.11 Å². The van der Waals surface area contributed by atoms with Crippen molar-refractivity contribution >= 4 is 5.69 Å². The van der Waals surface area contributed by atoms with Crippen molar-refractivity contribution in [1.29, 1.82) is 0 Å². The van der Waals surface area contributed by atoms with Gasteiger partial charge in [0.1, 0.15) is 23.9 Å². The third kappa shape index (κ3) is 8.38.